The van der Waals surface area contributed by atoms with Gasteiger partial charge < -0.3 is 4.90 Å². The lowest BCUT2D eigenvalue weighted by molar-refractivity contribution is -0.122. The topological polar surface area (TPSA) is 88.4 Å². The molecule has 3 aromatic carbocycles. The van der Waals surface area contributed by atoms with E-state index in [-0.39, 0.29) is 17.7 Å². The molecular weight excluding hydrogens is 466 g/mol. The highest BCUT2D eigenvalue weighted by molar-refractivity contribution is 6.25. The smallest absolute Gasteiger partial charge is 0.272 e. The van der Waals surface area contributed by atoms with E-state index in [1.54, 1.807) is 12.1 Å². The molecule has 7 rings (SSSR count). The van der Waals surface area contributed by atoms with Gasteiger partial charge in [-0.3, -0.25) is 14.4 Å². The summed E-state index contributed by atoms with van der Waals surface area (Å²) in [5.74, 6) is -2.56. The average Bonchev–Trinajstić information content (AvgIpc) is 3.55. The number of fused-ring (bicyclic) bond motifs is 6. The van der Waals surface area contributed by atoms with E-state index >= 15 is 0 Å². The first kappa shape index (κ1) is 21.7. The van der Waals surface area contributed by atoms with Crippen LogP contribution in [-0.4, -0.2) is 44.8 Å². The number of aromatic nitrogens is 3. The van der Waals surface area contributed by atoms with Crippen LogP contribution in [0.15, 0.2) is 72.8 Å². The summed E-state index contributed by atoms with van der Waals surface area (Å²) in [5, 5.41) is 8.31. The third-order valence-electron chi connectivity index (χ3n) is 7.82. The molecule has 4 atom stereocenters. The Morgan fingerprint density at radius 1 is 0.865 bits per heavy atom. The number of hydrogen-bond donors (Lipinski definition) is 0. The highest BCUT2D eigenvalue weighted by Gasteiger charge is 2.64. The zero-order valence-corrected chi connectivity index (χ0v) is 20.3. The van der Waals surface area contributed by atoms with Gasteiger partial charge in [0.25, 0.3) is 5.91 Å². The minimum absolute atomic E-state index is 0.278. The first-order chi connectivity index (χ1) is 18.0. The third kappa shape index (κ3) is 2.92. The summed E-state index contributed by atoms with van der Waals surface area (Å²) in [6.07, 6.45) is 3.92. The number of imide groups is 1. The van der Waals surface area contributed by atoms with E-state index in [0.717, 1.165) is 22.4 Å². The highest BCUT2D eigenvalue weighted by atomic mass is 16.2. The second-order valence-electron chi connectivity index (χ2n) is 9.94. The van der Waals surface area contributed by atoms with Crippen molar-refractivity contribution in [3.63, 3.8) is 0 Å². The van der Waals surface area contributed by atoms with Gasteiger partial charge in [-0.05, 0) is 49.2 Å². The molecule has 2 fully saturated rings. The zero-order valence-electron chi connectivity index (χ0n) is 20.3. The number of para-hydroxylation sites is 2. The van der Waals surface area contributed by atoms with E-state index in [0.29, 0.717) is 16.7 Å². The first-order valence-corrected chi connectivity index (χ1v) is 12.3. The van der Waals surface area contributed by atoms with Crippen LogP contribution < -0.4 is 9.80 Å². The van der Waals surface area contributed by atoms with Gasteiger partial charge in [-0.25, -0.2) is 4.90 Å². The fourth-order valence-electron chi connectivity index (χ4n) is 6.25. The van der Waals surface area contributed by atoms with Crippen LogP contribution in [0.4, 0.5) is 11.4 Å². The summed E-state index contributed by atoms with van der Waals surface area (Å²) in [6.45, 7) is 3.86. The van der Waals surface area contributed by atoms with E-state index < -0.39 is 23.9 Å². The SMILES string of the molecule is Cc1ccc(N2C(=O)[C@@H]3[C@@H](C2=O)[C@@H]2C=Cc4ccccc4N2[C@@H]3C(=O)n2nnc3ccccc32)c(C)c1. The maximum absolute atomic E-state index is 14.2. The van der Waals surface area contributed by atoms with Gasteiger partial charge in [-0.2, -0.15) is 4.68 Å². The Hall–Kier alpha value is -4.59. The Bertz CT molecular complexity index is 1670. The zero-order chi connectivity index (χ0) is 25.4. The molecule has 4 aromatic rings. The predicted octanol–water partition coefficient (Wildman–Crippen LogP) is 3.78. The van der Waals surface area contributed by atoms with Crippen LogP contribution in [0.2, 0.25) is 0 Å². The number of anilines is 2. The van der Waals surface area contributed by atoms with Crippen molar-refractivity contribution in [2.75, 3.05) is 9.80 Å². The Morgan fingerprint density at radius 2 is 1.62 bits per heavy atom. The molecule has 0 saturated carbocycles. The van der Waals surface area contributed by atoms with Crippen LogP contribution in [0, 0.1) is 25.7 Å². The lowest BCUT2D eigenvalue weighted by atomic mass is 9.88. The van der Waals surface area contributed by atoms with Gasteiger partial charge >= 0.3 is 0 Å². The number of carbonyl (C=O) groups excluding carboxylic acids is 3. The molecule has 4 heterocycles. The molecule has 37 heavy (non-hydrogen) atoms. The van der Waals surface area contributed by atoms with Crippen molar-refractivity contribution in [2.24, 2.45) is 11.8 Å². The molecule has 0 aliphatic carbocycles. The van der Waals surface area contributed by atoms with Crippen LogP contribution >= 0.6 is 0 Å². The Labute approximate surface area is 212 Å². The van der Waals surface area contributed by atoms with Gasteiger partial charge in [0.2, 0.25) is 11.8 Å². The second kappa shape index (κ2) is 7.70. The summed E-state index contributed by atoms with van der Waals surface area (Å²) in [4.78, 5) is 45.5. The van der Waals surface area contributed by atoms with Crippen molar-refractivity contribution in [2.45, 2.75) is 25.9 Å². The molecule has 0 bridgehead atoms. The molecule has 1 aromatic heterocycles. The second-order valence-corrected chi connectivity index (χ2v) is 9.94. The van der Waals surface area contributed by atoms with Crippen LogP contribution in [0.1, 0.15) is 21.5 Å². The van der Waals surface area contributed by atoms with Gasteiger partial charge in [-0.1, -0.05) is 65.4 Å². The molecule has 2 saturated heterocycles. The summed E-state index contributed by atoms with van der Waals surface area (Å²) in [7, 11) is 0. The van der Waals surface area contributed by atoms with Crippen LogP contribution in [0.25, 0.3) is 17.1 Å². The minimum Gasteiger partial charge on any atom is -0.351 e. The maximum Gasteiger partial charge on any atom is 0.272 e. The van der Waals surface area contributed by atoms with Crippen molar-refractivity contribution < 1.29 is 14.4 Å². The van der Waals surface area contributed by atoms with E-state index in [1.807, 2.05) is 85.5 Å². The van der Waals surface area contributed by atoms with Gasteiger partial charge in [-0.15, -0.1) is 5.10 Å². The van der Waals surface area contributed by atoms with E-state index in [2.05, 4.69) is 10.3 Å². The summed E-state index contributed by atoms with van der Waals surface area (Å²) in [5.41, 5.74) is 5.37. The fraction of sp³-hybridized carbons (Fsp3) is 0.207. The number of amides is 2. The summed E-state index contributed by atoms with van der Waals surface area (Å²) in [6, 6.07) is 19.3. The Morgan fingerprint density at radius 3 is 2.46 bits per heavy atom. The molecule has 0 radical (unpaired) electrons. The number of aryl methyl sites for hydroxylation is 2. The largest absolute Gasteiger partial charge is 0.351 e. The molecule has 8 heteroatoms. The molecular formula is C29H23N5O3. The highest BCUT2D eigenvalue weighted by Crippen LogP contribution is 2.49. The third-order valence-corrected chi connectivity index (χ3v) is 7.82. The fourth-order valence-corrected chi connectivity index (χ4v) is 6.25. The van der Waals surface area contributed by atoms with Crippen molar-refractivity contribution >= 4 is 46.2 Å². The van der Waals surface area contributed by atoms with E-state index in [9.17, 15) is 14.4 Å². The Kier molecular flexibility index (Phi) is 4.51. The average molecular weight is 490 g/mol. The molecule has 0 unspecified atom stereocenters. The van der Waals surface area contributed by atoms with Crippen molar-refractivity contribution in [1.82, 2.24) is 15.0 Å². The number of benzene rings is 3. The van der Waals surface area contributed by atoms with Crippen molar-refractivity contribution in [1.29, 1.82) is 0 Å². The Balaban J connectivity index is 1.40. The molecule has 3 aliphatic heterocycles. The van der Waals surface area contributed by atoms with Gasteiger partial charge in [0.05, 0.1) is 29.1 Å². The van der Waals surface area contributed by atoms with Crippen molar-refractivity contribution in [3.8, 4) is 0 Å². The molecule has 2 amide bonds. The standard InChI is InChI=1S/C29H23N5O3/c1-16-11-13-20(17(2)15-16)33-27(35)24-23-14-12-18-7-3-5-9-21(18)32(23)26(25(24)28(33)36)29(37)34-22-10-6-4-8-19(22)30-31-34/h3-15,23-26H,1-2H3/t23-,24-,25+,26-/m0/s1. The van der Waals surface area contributed by atoms with Crippen molar-refractivity contribution in [3.05, 3.63) is 89.5 Å². The lowest BCUT2D eigenvalue weighted by Gasteiger charge is -2.36. The maximum atomic E-state index is 14.2. The molecule has 182 valence electrons. The quantitative estimate of drug-likeness (QED) is 0.398. The summed E-state index contributed by atoms with van der Waals surface area (Å²) < 4.78 is 1.28. The first-order valence-electron chi connectivity index (χ1n) is 12.3. The summed E-state index contributed by atoms with van der Waals surface area (Å²) >= 11 is 0. The number of rotatable bonds is 2. The van der Waals surface area contributed by atoms with Gasteiger partial charge in [0.15, 0.2) is 0 Å². The van der Waals surface area contributed by atoms with E-state index in [4.69, 9.17) is 0 Å². The van der Waals surface area contributed by atoms with E-state index in [1.165, 1.54) is 9.58 Å². The molecule has 3 aliphatic rings. The number of hydrogen-bond acceptors (Lipinski definition) is 6. The molecule has 0 spiro atoms. The monoisotopic (exact) mass is 489 g/mol. The van der Waals surface area contributed by atoms with Crippen LogP contribution in [-0.2, 0) is 9.59 Å². The molecule has 8 nitrogen and oxygen atoms in total. The predicted molar refractivity (Wildman–Crippen MR) is 139 cm³/mol. The normalized spacial score (nSPS) is 23.9. The van der Waals surface area contributed by atoms with Crippen LogP contribution in [0.5, 0.6) is 0 Å². The number of carbonyl (C=O) groups is 3. The van der Waals surface area contributed by atoms with Gasteiger partial charge in [0, 0.05) is 5.69 Å². The number of nitrogens with zero attached hydrogens (tertiary/aromatic N) is 5. The minimum atomic E-state index is -0.918. The lowest BCUT2D eigenvalue weighted by Crippen LogP contribution is -2.50. The van der Waals surface area contributed by atoms with Gasteiger partial charge in [0.1, 0.15) is 11.6 Å². The molecule has 0 N–H and O–H groups in total. The van der Waals surface area contributed by atoms with Crippen LogP contribution in [0.3, 0.4) is 0 Å².